The maximum absolute atomic E-state index is 10.2. The number of hydrogen-bond acceptors (Lipinski definition) is 5. The lowest BCUT2D eigenvalue weighted by molar-refractivity contribution is 0.481. The Kier molecular flexibility index (Phi) is 3.94. The Bertz CT molecular complexity index is 847. The average Bonchev–Trinajstić information content (AvgIpc) is 3.12. The SMILES string of the molecule is CCc1cc(O)c2cc(C)sc2c1/N=N/c1cncn1CC. The van der Waals surface area contributed by atoms with Gasteiger partial charge in [0, 0.05) is 16.8 Å². The topological polar surface area (TPSA) is 62.8 Å². The van der Waals surface area contributed by atoms with Crippen LogP contribution < -0.4 is 0 Å². The Morgan fingerprint density at radius 1 is 1.27 bits per heavy atom. The normalized spacial score (nSPS) is 11.8. The number of aromatic nitrogens is 2. The Hall–Kier alpha value is -2.21. The average molecular weight is 314 g/mol. The summed E-state index contributed by atoms with van der Waals surface area (Å²) in [6.07, 6.45) is 4.24. The third kappa shape index (κ3) is 2.50. The van der Waals surface area contributed by atoms with Gasteiger partial charge in [0.1, 0.15) is 11.4 Å². The third-order valence-corrected chi connectivity index (χ3v) is 4.68. The Morgan fingerprint density at radius 2 is 2.09 bits per heavy atom. The van der Waals surface area contributed by atoms with Crippen molar-refractivity contribution >= 4 is 32.9 Å². The van der Waals surface area contributed by atoms with E-state index in [9.17, 15) is 5.11 Å². The second kappa shape index (κ2) is 5.88. The zero-order valence-electron chi connectivity index (χ0n) is 12.9. The molecule has 0 amide bonds. The zero-order valence-corrected chi connectivity index (χ0v) is 13.7. The van der Waals surface area contributed by atoms with Gasteiger partial charge in [-0.3, -0.25) is 0 Å². The molecule has 6 heteroatoms. The van der Waals surface area contributed by atoms with Gasteiger partial charge < -0.3 is 9.67 Å². The van der Waals surface area contributed by atoms with E-state index in [1.165, 1.54) is 0 Å². The van der Waals surface area contributed by atoms with Gasteiger partial charge in [-0.1, -0.05) is 6.92 Å². The van der Waals surface area contributed by atoms with Crippen LogP contribution in [0.4, 0.5) is 11.5 Å². The molecule has 0 saturated heterocycles. The summed E-state index contributed by atoms with van der Waals surface area (Å²) in [7, 11) is 0. The number of azo groups is 1. The van der Waals surface area contributed by atoms with Crippen molar-refractivity contribution in [3.8, 4) is 5.75 Å². The van der Waals surface area contributed by atoms with Crippen molar-refractivity contribution in [2.24, 2.45) is 10.2 Å². The standard InChI is InChI=1S/C16H18N4OS/c1-4-11-7-13(21)12-6-10(3)22-16(12)15(11)19-18-14-8-17-9-20(14)5-2/h6-9,21H,4-5H2,1-3H3/b19-18+. The van der Waals surface area contributed by atoms with Crippen molar-refractivity contribution < 1.29 is 5.11 Å². The summed E-state index contributed by atoms with van der Waals surface area (Å²) in [5, 5.41) is 19.9. The van der Waals surface area contributed by atoms with Crippen LogP contribution in [0.2, 0.25) is 0 Å². The van der Waals surface area contributed by atoms with Gasteiger partial charge in [0.25, 0.3) is 0 Å². The maximum atomic E-state index is 10.2. The highest BCUT2D eigenvalue weighted by Gasteiger charge is 2.13. The number of phenolic OH excluding ortho intramolecular Hbond substituents is 1. The molecule has 1 N–H and O–H groups in total. The number of thiophene rings is 1. The highest BCUT2D eigenvalue weighted by molar-refractivity contribution is 7.19. The summed E-state index contributed by atoms with van der Waals surface area (Å²) in [6, 6.07) is 3.78. The lowest BCUT2D eigenvalue weighted by Crippen LogP contribution is -1.89. The number of hydrogen-bond donors (Lipinski definition) is 1. The van der Waals surface area contributed by atoms with Gasteiger partial charge in [0.15, 0.2) is 5.82 Å². The van der Waals surface area contributed by atoms with E-state index in [0.29, 0.717) is 5.75 Å². The number of aromatic hydroxyl groups is 1. The van der Waals surface area contributed by atoms with Crippen molar-refractivity contribution in [2.45, 2.75) is 33.7 Å². The molecule has 0 atom stereocenters. The first-order valence-electron chi connectivity index (χ1n) is 7.30. The molecule has 0 aliphatic heterocycles. The second-order valence-electron chi connectivity index (χ2n) is 5.09. The number of nitrogens with zero attached hydrogens (tertiary/aromatic N) is 4. The van der Waals surface area contributed by atoms with Crippen LogP contribution in [0.3, 0.4) is 0 Å². The van der Waals surface area contributed by atoms with Crippen molar-refractivity contribution in [2.75, 3.05) is 0 Å². The lowest BCUT2D eigenvalue weighted by Gasteiger charge is -2.06. The lowest BCUT2D eigenvalue weighted by atomic mass is 10.1. The predicted molar refractivity (Wildman–Crippen MR) is 89.7 cm³/mol. The molecule has 0 aliphatic rings. The first-order valence-corrected chi connectivity index (χ1v) is 8.12. The molecule has 0 saturated carbocycles. The first-order chi connectivity index (χ1) is 10.6. The molecule has 1 aromatic carbocycles. The summed E-state index contributed by atoms with van der Waals surface area (Å²) in [4.78, 5) is 5.25. The number of rotatable bonds is 4. The smallest absolute Gasteiger partial charge is 0.174 e. The molecule has 0 bridgehead atoms. The summed E-state index contributed by atoms with van der Waals surface area (Å²) >= 11 is 1.63. The van der Waals surface area contributed by atoms with Crippen LogP contribution in [0.1, 0.15) is 24.3 Å². The molecule has 0 spiro atoms. The molecule has 0 fully saturated rings. The Morgan fingerprint density at radius 3 is 2.82 bits per heavy atom. The van der Waals surface area contributed by atoms with Gasteiger partial charge in [0.05, 0.1) is 17.2 Å². The van der Waals surface area contributed by atoms with Gasteiger partial charge >= 0.3 is 0 Å². The molecular weight excluding hydrogens is 296 g/mol. The highest BCUT2D eigenvalue weighted by atomic mass is 32.1. The van der Waals surface area contributed by atoms with Crippen LogP contribution in [0.25, 0.3) is 10.1 Å². The van der Waals surface area contributed by atoms with Crippen molar-refractivity contribution in [3.63, 3.8) is 0 Å². The number of aryl methyl sites for hydroxylation is 3. The second-order valence-corrected chi connectivity index (χ2v) is 6.35. The summed E-state index contributed by atoms with van der Waals surface area (Å²) in [6.45, 7) is 6.93. The van der Waals surface area contributed by atoms with E-state index < -0.39 is 0 Å². The minimum atomic E-state index is 0.314. The van der Waals surface area contributed by atoms with Crippen LogP contribution >= 0.6 is 11.3 Å². The van der Waals surface area contributed by atoms with E-state index in [0.717, 1.165) is 45.0 Å². The largest absolute Gasteiger partial charge is 0.507 e. The molecular formula is C16H18N4OS. The van der Waals surface area contributed by atoms with Crippen LogP contribution in [-0.2, 0) is 13.0 Å². The van der Waals surface area contributed by atoms with Crippen LogP contribution in [0.5, 0.6) is 5.75 Å². The van der Waals surface area contributed by atoms with Gasteiger partial charge in [-0.05, 0) is 38.0 Å². The molecule has 22 heavy (non-hydrogen) atoms. The Balaban J connectivity index is 2.15. The predicted octanol–water partition coefficient (Wildman–Crippen LogP) is 5.11. The molecule has 2 aromatic heterocycles. The van der Waals surface area contributed by atoms with Gasteiger partial charge in [-0.2, -0.15) is 0 Å². The summed E-state index contributed by atoms with van der Waals surface area (Å²) < 4.78 is 2.92. The fourth-order valence-electron chi connectivity index (χ4n) is 2.46. The Labute approximate surface area is 133 Å². The molecule has 3 aromatic rings. The number of fused-ring (bicyclic) bond motifs is 1. The zero-order chi connectivity index (χ0) is 15.7. The molecule has 114 valence electrons. The van der Waals surface area contributed by atoms with Crippen LogP contribution in [0.15, 0.2) is 34.9 Å². The van der Waals surface area contributed by atoms with E-state index in [4.69, 9.17) is 0 Å². The van der Waals surface area contributed by atoms with Gasteiger partial charge in [-0.25, -0.2) is 4.98 Å². The quantitative estimate of drug-likeness (QED) is 0.680. The van der Waals surface area contributed by atoms with Gasteiger partial charge in [0.2, 0.25) is 0 Å². The molecule has 0 radical (unpaired) electrons. The maximum Gasteiger partial charge on any atom is 0.174 e. The summed E-state index contributed by atoms with van der Waals surface area (Å²) in [5.74, 6) is 1.05. The summed E-state index contributed by atoms with van der Waals surface area (Å²) in [5.41, 5.74) is 1.84. The van der Waals surface area contributed by atoms with E-state index in [2.05, 4.69) is 22.1 Å². The minimum Gasteiger partial charge on any atom is -0.507 e. The van der Waals surface area contributed by atoms with Crippen molar-refractivity contribution in [1.82, 2.24) is 9.55 Å². The van der Waals surface area contributed by atoms with E-state index in [-0.39, 0.29) is 0 Å². The number of benzene rings is 1. The van der Waals surface area contributed by atoms with E-state index >= 15 is 0 Å². The minimum absolute atomic E-state index is 0.314. The van der Waals surface area contributed by atoms with E-state index in [1.54, 1.807) is 29.9 Å². The molecule has 5 nitrogen and oxygen atoms in total. The van der Waals surface area contributed by atoms with E-state index in [1.807, 2.05) is 24.5 Å². The molecule has 0 aliphatic carbocycles. The van der Waals surface area contributed by atoms with Crippen molar-refractivity contribution in [3.05, 3.63) is 35.1 Å². The molecule has 0 unspecified atom stereocenters. The fraction of sp³-hybridized carbons (Fsp3) is 0.312. The first kappa shape index (κ1) is 14.7. The van der Waals surface area contributed by atoms with Gasteiger partial charge in [-0.15, -0.1) is 21.6 Å². The molecule has 3 rings (SSSR count). The fourth-order valence-corrected chi connectivity index (χ4v) is 3.50. The number of phenols is 1. The highest BCUT2D eigenvalue weighted by Crippen LogP contribution is 2.42. The van der Waals surface area contributed by atoms with Crippen molar-refractivity contribution in [1.29, 1.82) is 0 Å². The van der Waals surface area contributed by atoms with Crippen LogP contribution in [-0.4, -0.2) is 14.7 Å². The monoisotopic (exact) mass is 314 g/mol. The molecule has 2 heterocycles. The number of imidazole rings is 1. The third-order valence-electron chi connectivity index (χ3n) is 3.63. The van der Waals surface area contributed by atoms with Crippen LogP contribution in [0, 0.1) is 6.92 Å².